The number of hydrogen-bond acceptors (Lipinski definition) is 10. The summed E-state index contributed by atoms with van der Waals surface area (Å²) in [6.45, 7) is 5.89. The van der Waals surface area contributed by atoms with Gasteiger partial charge in [0.05, 0.1) is 17.8 Å². The predicted molar refractivity (Wildman–Crippen MR) is 190 cm³/mol. The van der Waals surface area contributed by atoms with Crippen molar-refractivity contribution < 1.29 is 33.2 Å². The summed E-state index contributed by atoms with van der Waals surface area (Å²) in [5, 5.41) is 27.8. The first-order valence-electron chi connectivity index (χ1n) is 15.4. The third-order valence-corrected chi connectivity index (χ3v) is 7.03. The van der Waals surface area contributed by atoms with Crippen molar-refractivity contribution in [1.82, 2.24) is 10.9 Å². The maximum atomic E-state index is 13.0. The number of hydrogen-bond donors (Lipinski definition) is 4. The second kappa shape index (κ2) is 16.6. The van der Waals surface area contributed by atoms with Crippen LogP contribution in [-0.4, -0.2) is 48.0 Å². The number of ether oxygens (including phenoxy) is 1. The van der Waals surface area contributed by atoms with Crippen LogP contribution in [0.2, 0.25) is 0 Å². The largest absolute Gasteiger partial charge is 0.489 e. The highest BCUT2D eigenvalue weighted by Crippen LogP contribution is 2.29. The van der Waals surface area contributed by atoms with E-state index in [0.717, 1.165) is 18.1 Å². The molecule has 250 valence electrons. The third-order valence-electron chi connectivity index (χ3n) is 7.03. The van der Waals surface area contributed by atoms with E-state index in [2.05, 4.69) is 39.5 Å². The number of furan rings is 1. The van der Waals surface area contributed by atoms with Crippen LogP contribution in [0.25, 0.3) is 11.0 Å². The van der Waals surface area contributed by atoms with Gasteiger partial charge in [0.25, 0.3) is 0 Å². The van der Waals surface area contributed by atoms with Gasteiger partial charge in [-0.15, -0.1) is 0 Å². The Hall–Kier alpha value is -6.49. The summed E-state index contributed by atoms with van der Waals surface area (Å²) in [4.78, 5) is 38.4. The summed E-state index contributed by atoms with van der Waals surface area (Å²) in [6, 6.07) is 21.1. The van der Waals surface area contributed by atoms with E-state index in [4.69, 9.17) is 13.6 Å². The molecule has 50 heavy (non-hydrogen) atoms. The number of aryl methyl sites for hydroxylation is 1. The standard InChI is InChI=1S/C37H31BN4O8/c1-3-8-30-32(48-17-4-2)16-14-29-31(43)21-34(50-35(29)30)37(45)42-40-23-26-18-25(19-27(20-26)38(46)47)22-39-41-36(44)33-15-13-28(49-33)12-11-24-9-6-5-7-10-24/h4-7,9-10,13-16,18-23,46-47H,2-3,8,17H2,1H3,(H,41,44)(H,42,45)/b39-22+,40-23+. The molecule has 0 aliphatic carbocycles. The summed E-state index contributed by atoms with van der Waals surface area (Å²) in [7, 11) is -1.83. The van der Waals surface area contributed by atoms with Gasteiger partial charge in [-0.2, -0.15) is 10.2 Å². The predicted octanol–water partition coefficient (Wildman–Crippen LogP) is 3.51. The zero-order valence-corrected chi connectivity index (χ0v) is 26.9. The molecule has 0 aliphatic heterocycles. The first kappa shape index (κ1) is 34.8. The topological polar surface area (TPSA) is 176 Å². The van der Waals surface area contributed by atoms with Gasteiger partial charge in [-0.25, -0.2) is 10.9 Å². The van der Waals surface area contributed by atoms with Gasteiger partial charge in [0, 0.05) is 17.2 Å². The lowest BCUT2D eigenvalue weighted by atomic mass is 9.79. The summed E-state index contributed by atoms with van der Waals surface area (Å²) in [6.07, 6.45) is 5.43. The first-order valence-corrected chi connectivity index (χ1v) is 15.4. The summed E-state index contributed by atoms with van der Waals surface area (Å²) in [5.41, 5.74) is 6.79. The molecule has 0 saturated carbocycles. The number of nitrogens with zero attached hydrogens (tertiary/aromatic N) is 2. The zero-order valence-electron chi connectivity index (χ0n) is 26.9. The summed E-state index contributed by atoms with van der Waals surface area (Å²) >= 11 is 0. The number of carbonyl (C=O) groups is 2. The van der Waals surface area contributed by atoms with Crippen LogP contribution in [0.3, 0.4) is 0 Å². The Balaban J connectivity index is 1.28. The van der Waals surface area contributed by atoms with Gasteiger partial charge in [-0.1, -0.05) is 62.3 Å². The van der Waals surface area contributed by atoms with E-state index in [1.165, 1.54) is 30.6 Å². The quantitative estimate of drug-likeness (QED) is 0.0513. The van der Waals surface area contributed by atoms with Crippen molar-refractivity contribution in [2.75, 3.05) is 6.61 Å². The molecule has 0 atom stereocenters. The molecule has 0 spiro atoms. The fourth-order valence-corrected chi connectivity index (χ4v) is 4.76. The average molecular weight is 670 g/mol. The van der Waals surface area contributed by atoms with Crippen molar-refractivity contribution in [3.63, 3.8) is 0 Å². The van der Waals surface area contributed by atoms with Gasteiger partial charge >= 0.3 is 18.9 Å². The number of benzene rings is 3. The van der Waals surface area contributed by atoms with Crippen molar-refractivity contribution in [3.05, 3.63) is 141 Å². The molecule has 5 aromatic rings. The molecular weight excluding hydrogens is 639 g/mol. The third kappa shape index (κ3) is 8.90. The fraction of sp³-hybridized carbons (Fsp3) is 0.108. The van der Waals surface area contributed by atoms with Gasteiger partial charge in [-0.05, 0) is 71.4 Å². The number of amides is 2. The molecule has 0 unspecified atom stereocenters. The molecular formula is C37H31BN4O8. The Labute approximate surface area is 286 Å². The minimum atomic E-state index is -1.83. The maximum Gasteiger partial charge on any atom is 0.488 e. The molecule has 0 aliphatic rings. The lowest BCUT2D eigenvalue weighted by Crippen LogP contribution is -2.30. The van der Waals surface area contributed by atoms with Crippen LogP contribution in [-0.2, 0) is 6.42 Å². The van der Waals surface area contributed by atoms with Gasteiger partial charge in [0.2, 0.25) is 0 Å². The van der Waals surface area contributed by atoms with Gasteiger partial charge in [0.1, 0.15) is 17.9 Å². The van der Waals surface area contributed by atoms with Gasteiger partial charge in [-0.3, -0.25) is 14.4 Å². The fourth-order valence-electron chi connectivity index (χ4n) is 4.76. The van der Waals surface area contributed by atoms with Crippen LogP contribution in [0, 0.1) is 11.8 Å². The van der Waals surface area contributed by atoms with Crippen LogP contribution >= 0.6 is 0 Å². The first-order chi connectivity index (χ1) is 24.2. The smallest absolute Gasteiger partial charge is 0.488 e. The summed E-state index contributed by atoms with van der Waals surface area (Å²) < 4.78 is 17.1. The van der Waals surface area contributed by atoms with Crippen molar-refractivity contribution in [2.45, 2.75) is 19.8 Å². The van der Waals surface area contributed by atoms with E-state index in [1.807, 2.05) is 37.3 Å². The molecule has 0 radical (unpaired) electrons. The van der Waals surface area contributed by atoms with E-state index in [-0.39, 0.29) is 29.2 Å². The number of hydrazone groups is 2. The number of carbonyl (C=O) groups excluding carboxylic acids is 2. The van der Waals surface area contributed by atoms with E-state index in [1.54, 1.807) is 30.3 Å². The highest BCUT2D eigenvalue weighted by atomic mass is 16.5. The number of nitrogens with one attached hydrogen (secondary N) is 2. The van der Waals surface area contributed by atoms with E-state index in [9.17, 15) is 24.4 Å². The Bertz CT molecular complexity index is 2210. The monoisotopic (exact) mass is 670 g/mol. The zero-order chi connectivity index (χ0) is 35.5. The molecule has 2 heterocycles. The van der Waals surface area contributed by atoms with Crippen LogP contribution < -0.4 is 26.5 Å². The lowest BCUT2D eigenvalue weighted by molar-refractivity contribution is 0.0920. The van der Waals surface area contributed by atoms with Gasteiger partial charge in [0.15, 0.2) is 22.7 Å². The molecule has 5 rings (SSSR count). The molecule has 4 N–H and O–H groups in total. The highest BCUT2D eigenvalue weighted by molar-refractivity contribution is 6.58. The molecule has 0 fully saturated rings. The molecule has 13 heteroatoms. The Morgan fingerprint density at radius 3 is 2.26 bits per heavy atom. The molecule has 2 amide bonds. The number of rotatable bonds is 12. The van der Waals surface area contributed by atoms with Crippen molar-refractivity contribution in [1.29, 1.82) is 0 Å². The molecule has 3 aromatic carbocycles. The Morgan fingerprint density at radius 2 is 1.60 bits per heavy atom. The average Bonchev–Trinajstić information content (AvgIpc) is 3.60. The normalized spacial score (nSPS) is 10.9. The second-order valence-corrected chi connectivity index (χ2v) is 10.7. The number of fused-ring (bicyclic) bond motifs is 1. The molecule has 12 nitrogen and oxygen atoms in total. The van der Waals surface area contributed by atoms with Gasteiger partial charge < -0.3 is 23.6 Å². The van der Waals surface area contributed by atoms with E-state index < -0.39 is 24.4 Å². The highest BCUT2D eigenvalue weighted by Gasteiger charge is 2.18. The van der Waals surface area contributed by atoms with Crippen LogP contribution in [0.15, 0.2) is 115 Å². The summed E-state index contributed by atoms with van der Waals surface area (Å²) in [5.74, 6) is 4.96. The van der Waals surface area contributed by atoms with E-state index >= 15 is 0 Å². The van der Waals surface area contributed by atoms with Crippen LogP contribution in [0.5, 0.6) is 5.75 Å². The Morgan fingerprint density at radius 1 is 0.900 bits per heavy atom. The van der Waals surface area contributed by atoms with Crippen LogP contribution in [0.1, 0.15) is 62.5 Å². The molecule has 0 saturated heterocycles. The molecule has 0 bridgehead atoms. The lowest BCUT2D eigenvalue weighted by Gasteiger charge is -2.12. The minimum absolute atomic E-state index is 0.00656. The minimum Gasteiger partial charge on any atom is -0.489 e. The Kier molecular flexibility index (Phi) is 11.5. The van der Waals surface area contributed by atoms with Crippen molar-refractivity contribution in [3.8, 4) is 17.6 Å². The van der Waals surface area contributed by atoms with Crippen molar-refractivity contribution in [2.24, 2.45) is 10.2 Å². The SMILES string of the molecule is C=CCOc1ccc2c(=O)cc(C(=O)N/N=C/c3cc(/C=N/NC(=O)c4ccc(C#Cc5ccccc5)o4)cc(B(O)O)c3)oc2c1CCC. The van der Waals surface area contributed by atoms with Crippen molar-refractivity contribution >= 4 is 47.8 Å². The van der Waals surface area contributed by atoms with Crippen LogP contribution in [0.4, 0.5) is 0 Å². The maximum absolute atomic E-state index is 13.0. The molecule has 2 aromatic heterocycles. The second-order valence-electron chi connectivity index (χ2n) is 10.7. The van der Waals surface area contributed by atoms with E-state index in [0.29, 0.717) is 40.0 Å².